The fraction of sp³-hybridized carbons (Fsp3) is 0.452. The molecular weight excluding hydrogens is 718 g/mol. The maximum Gasteiger partial charge on any atom is 0.481 e. The van der Waals surface area contributed by atoms with Crippen molar-refractivity contribution in [2.45, 2.75) is 63.7 Å². The third-order valence-corrected chi connectivity index (χ3v) is 11.3. The van der Waals surface area contributed by atoms with Gasteiger partial charge in [-0.15, -0.1) is 0 Å². The second-order valence-electron chi connectivity index (χ2n) is 11.6. The van der Waals surface area contributed by atoms with Crippen LogP contribution in [0, 0.1) is 0 Å². The van der Waals surface area contributed by atoms with E-state index in [9.17, 15) is 28.7 Å². The van der Waals surface area contributed by atoms with Crippen LogP contribution in [-0.2, 0) is 38.8 Å². The number of hydrogen-bond acceptors (Lipinski definition) is 13. The average Bonchev–Trinajstić information content (AvgIpc) is 3.28. The minimum Gasteiger partial charge on any atom is -0.460 e. The Morgan fingerprint density at radius 1 is 1.12 bits per heavy atom. The van der Waals surface area contributed by atoms with Gasteiger partial charge in [0.15, 0.2) is 6.10 Å². The van der Waals surface area contributed by atoms with Crippen LogP contribution in [-0.4, -0.2) is 80.3 Å². The predicted octanol–water partition coefficient (Wildman–Crippen LogP) is 3.86. The van der Waals surface area contributed by atoms with E-state index in [-0.39, 0.29) is 31.1 Å². The molecule has 1 fully saturated rings. The lowest BCUT2D eigenvalue weighted by molar-refractivity contribution is -0.146. The van der Waals surface area contributed by atoms with Crippen molar-refractivity contribution in [3.63, 3.8) is 0 Å². The summed E-state index contributed by atoms with van der Waals surface area (Å²) in [5.41, 5.74) is 2.53. The maximum absolute atomic E-state index is 15.7. The van der Waals surface area contributed by atoms with Crippen LogP contribution in [0.4, 0.5) is 14.6 Å². The Labute approximate surface area is 292 Å². The Kier molecular flexibility index (Phi) is 13.3. The molecule has 6 atom stereocenters. The monoisotopic (exact) mass is 759 g/mol. The molecule has 1 aliphatic rings. The fourth-order valence-corrected chi connectivity index (χ4v) is 8.16. The molecule has 0 saturated carbocycles. The zero-order valence-electron chi connectivity index (χ0n) is 28.0. The normalized spacial score (nSPS) is 22.9. The summed E-state index contributed by atoms with van der Waals surface area (Å²) < 4.78 is 85.8. The van der Waals surface area contributed by atoms with Crippen molar-refractivity contribution in [1.82, 2.24) is 19.5 Å². The molecule has 20 heteroatoms. The minimum absolute atomic E-state index is 0.0431. The van der Waals surface area contributed by atoms with Crippen molar-refractivity contribution in [3.8, 4) is 5.75 Å². The first-order valence-corrected chi connectivity index (χ1v) is 18.9. The lowest BCUT2D eigenvalue weighted by Crippen LogP contribution is -2.51. The first kappa shape index (κ1) is 40.2. The number of aliphatic hydroxyl groups is 1. The Morgan fingerprint density at radius 3 is 2.35 bits per heavy atom. The lowest BCUT2D eigenvalue weighted by Gasteiger charge is -2.34. The van der Waals surface area contributed by atoms with E-state index in [0.717, 1.165) is 12.3 Å². The second kappa shape index (κ2) is 16.8. The van der Waals surface area contributed by atoms with Gasteiger partial charge < -0.3 is 34.6 Å². The highest BCUT2D eigenvalue weighted by molar-refractivity contribution is 7.63. The molecule has 0 radical (unpaired) electrons. The topological polar surface area (TPSA) is 214 Å². The van der Waals surface area contributed by atoms with Gasteiger partial charge in [0.25, 0.3) is 0 Å². The summed E-state index contributed by atoms with van der Waals surface area (Å²) >= 11 is 0. The number of aliphatic hydroxyl groups excluding tert-OH is 1. The van der Waals surface area contributed by atoms with Gasteiger partial charge in [0, 0.05) is 12.7 Å². The van der Waals surface area contributed by atoms with Gasteiger partial charge in [-0.3, -0.25) is 13.9 Å². The number of nitrogens with two attached hydrogens (primary N) is 1. The summed E-state index contributed by atoms with van der Waals surface area (Å²) in [6, 6.07) is 15.6. The molecule has 0 spiro atoms. The highest BCUT2D eigenvalue weighted by atomic mass is 31.3. The first-order chi connectivity index (χ1) is 24.0. The number of rotatable bonds is 18. The molecular formula is C31H41F2N5O11P2. The van der Waals surface area contributed by atoms with E-state index in [2.05, 4.69) is 10.1 Å². The maximum atomic E-state index is 15.7. The van der Waals surface area contributed by atoms with E-state index >= 15 is 8.78 Å². The summed E-state index contributed by atoms with van der Waals surface area (Å²) in [6.45, 7) is 4.49. The molecule has 2 aromatic carbocycles. The van der Waals surface area contributed by atoms with Gasteiger partial charge in [-0.25, -0.2) is 13.9 Å². The number of phosphoric acid groups is 1. The smallest absolute Gasteiger partial charge is 0.460 e. The quantitative estimate of drug-likeness (QED) is 0.107. The molecule has 0 aliphatic carbocycles. The van der Waals surface area contributed by atoms with Crippen LogP contribution in [0.15, 0.2) is 77.7 Å². The van der Waals surface area contributed by atoms with Crippen molar-refractivity contribution < 1.29 is 55.5 Å². The van der Waals surface area contributed by atoms with Gasteiger partial charge in [0.1, 0.15) is 29.8 Å². The molecule has 3 unspecified atom stereocenters. The van der Waals surface area contributed by atoms with E-state index in [1.54, 1.807) is 55.1 Å². The SMILES string of the molecule is CCN(CC)CC[C@]1(COP(=O)(O)OP(=O)(N[C@@H](C)C(=O)OCc2ccccc2)Oc2ccccc2)O[C@@H](n2ccc(N)nc2=O)C(F)(F)C1O. The Hall–Kier alpha value is -3.57. The van der Waals surface area contributed by atoms with Crippen molar-refractivity contribution in [2.24, 2.45) is 0 Å². The van der Waals surface area contributed by atoms with E-state index in [1.807, 2.05) is 0 Å². The number of para-hydroxylation sites is 1. The van der Waals surface area contributed by atoms with Gasteiger partial charge in [0.05, 0.1) is 6.61 Å². The third-order valence-electron chi connectivity index (χ3n) is 7.97. The highest BCUT2D eigenvalue weighted by Gasteiger charge is 2.67. The third kappa shape index (κ3) is 10.3. The number of aromatic nitrogens is 2. The number of benzene rings is 2. The summed E-state index contributed by atoms with van der Waals surface area (Å²) in [4.78, 5) is 41.4. The zero-order valence-corrected chi connectivity index (χ0v) is 29.8. The van der Waals surface area contributed by atoms with Crippen LogP contribution < -0.4 is 21.0 Å². The lowest BCUT2D eigenvalue weighted by atomic mass is 9.91. The minimum atomic E-state index is -5.58. The standard InChI is InChI=1S/C31H41F2N5O11P2/c1-4-37(5-2)19-17-30(27(40)31(32,33)28(47-30)38-18-16-25(34)35-29(38)41)21-46-51(43,44)49-50(42,48-24-14-10-7-11-15-24)36-22(3)26(39)45-20-23-12-8-6-9-13-23/h6-16,18,22,27-28,40H,4-5,17,19-21H2,1-3H3,(H,36,42)(H,43,44)(H2,34,35,41)/t22-,27?,28+,30+,50?/m0/s1. The van der Waals surface area contributed by atoms with Crippen molar-refractivity contribution in [3.05, 3.63) is 89.0 Å². The first-order valence-electron chi connectivity index (χ1n) is 15.9. The van der Waals surface area contributed by atoms with E-state index < -0.39 is 63.7 Å². The van der Waals surface area contributed by atoms with Crippen molar-refractivity contribution in [2.75, 3.05) is 32.0 Å². The molecule has 51 heavy (non-hydrogen) atoms. The fourth-order valence-electron chi connectivity index (χ4n) is 5.15. The molecule has 0 amide bonds. The van der Waals surface area contributed by atoms with Gasteiger partial charge >= 0.3 is 33.2 Å². The summed E-state index contributed by atoms with van der Waals surface area (Å²) in [7, 11) is -10.6. The Bertz CT molecular complexity index is 1770. The summed E-state index contributed by atoms with van der Waals surface area (Å²) in [5.74, 6) is -5.43. The predicted molar refractivity (Wildman–Crippen MR) is 179 cm³/mol. The number of carbonyl (C=O) groups is 1. The number of esters is 1. The van der Waals surface area contributed by atoms with E-state index in [4.69, 9.17) is 28.6 Å². The van der Waals surface area contributed by atoms with Crippen LogP contribution >= 0.6 is 15.6 Å². The van der Waals surface area contributed by atoms with Crippen molar-refractivity contribution in [1.29, 1.82) is 0 Å². The number of hydrogen-bond donors (Lipinski definition) is 4. The number of anilines is 1. The molecule has 1 saturated heterocycles. The molecule has 4 rings (SSSR count). The number of halogens is 2. The molecule has 0 bridgehead atoms. The summed E-state index contributed by atoms with van der Waals surface area (Å²) in [6.07, 6.45) is -4.60. The molecule has 1 aromatic heterocycles. The number of carbonyl (C=O) groups excluding carboxylic acids is 1. The van der Waals surface area contributed by atoms with E-state index in [1.165, 1.54) is 31.2 Å². The van der Waals surface area contributed by atoms with Crippen LogP contribution in [0.1, 0.15) is 39.0 Å². The summed E-state index contributed by atoms with van der Waals surface area (Å²) in [5, 5.41) is 13.3. The largest absolute Gasteiger partial charge is 0.481 e. The van der Waals surface area contributed by atoms with Gasteiger partial charge in [-0.05, 0) is 50.2 Å². The van der Waals surface area contributed by atoms with Crippen LogP contribution in [0.25, 0.3) is 0 Å². The number of nitrogens with one attached hydrogen (secondary N) is 1. The second-order valence-corrected chi connectivity index (χ2v) is 14.9. The Morgan fingerprint density at radius 2 is 1.75 bits per heavy atom. The molecule has 280 valence electrons. The van der Waals surface area contributed by atoms with Gasteiger partial charge in [-0.2, -0.15) is 23.2 Å². The van der Waals surface area contributed by atoms with E-state index in [0.29, 0.717) is 23.2 Å². The van der Waals surface area contributed by atoms with Gasteiger partial charge in [-0.1, -0.05) is 62.4 Å². The number of nitrogens with zero attached hydrogens (tertiary/aromatic N) is 3. The highest BCUT2D eigenvalue weighted by Crippen LogP contribution is 2.61. The van der Waals surface area contributed by atoms with Gasteiger partial charge in [0.2, 0.25) is 6.23 Å². The van der Waals surface area contributed by atoms with Crippen LogP contribution in [0.5, 0.6) is 5.75 Å². The van der Waals surface area contributed by atoms with Crippen LogP contribution in [0.3, 0.4) is 0 Å². The molecule has 1 aliphatic heterocycles. The van der Waals surface area contributed by atoms with Crippen molar-refractivity contribution >= 4 is 27.4 Å². The van der Waals surface area contributed by atoms with Crippen LogP contribution in [0.2, 0.25) is 0 Å². The zero-order chi connectivity index (χ0) is 37.5. The average molecular weight is 760 g/mol. The number of ether oxygens (including phenoxy) is 2. The molecule has 2 heterocycles. The molecule has 16 nitrogen and oxygen atoms in total. The molecule has 5 N–H and O–H groups in total. The number of alkyl halides is 2. The number of nitrogen functional groups attached to an aromatic ring is 1. The number of phosphoric ester groups is 1. The Balaban J connectivity index is 1.58. The molecule has 3 aromatic rings.